The normalized spacial score (nSPS) is 23.4. The molecule has 0 aliphatic carbocycles. The Morgan fingerprint density at radius 2 is 1.65 bits per heavy atom. The number of rotatable bonds is 4. The molecule has 0 bridgehead atoms. The number of hydrogen-bond acceptors (Lipinski definition) is 6. The van der Waals surface area contributed by atoms with Crippen LogP contribution in [0.1, 0.15) is 31.2 Å². The Labute approximate surface area is 153 Å². The van der Waals surface area contributed by atoms with Crippen molar-refractivity contribution in [3.8, 4) is 11.5 Å². The van der Waals surface area contributed by atoms with Crippen molar-refractivity contribution in [1.82, 2.24) is 5.32 Å². The third-order valence-corrected chi connectivity index (χ3v) is 5.86. The lowest BCUT2D eigenvalue weighted by Gasteiger charge is -2.39. The van der Waals surface area contributed by atoms with E-state index >= 15 is 0 Å². The minimum atomic E-state index is -0.834. The largest absolute Gasteiger partial charge is 0.454 e. The van der Waals surface area contributed by atoms with Gasteiger partial charge in [0, 0.05) is 38.4 Å². The van der Waals surface area contributed by atoms with Gasteiger partial charge >= 0.3 is 0 Å². The van der Waals surface area contributed by atoms with E-state index in [9.17, 15) is 4.79 Å². The quantitative estimate of drug-likeness (QED) is 0.833. The van der Waals surface area contributed by atoms with Crippen LogP contribution in [0.5, 0.6) is 11.5 Å². The van der Waals surface area contributed by atoms with Crippen LogP contribution in [0.2, 0.25) is 0 Å². The molecule has 142 valence electrons. The second-order valence-electron chi connectivity index (χ2n) is 7.41. The molecule has 7 nitrogen and oxygen atoms in total. The van der Waals surface area contributed by atoms with E-state index in [1.807, 2.05) is 12.1 Å². The monoisotopic (exact) mass is 362 g/mol. The average molecular weight is 362 g/mol. The summed E-state index contributed by atoms with van der Waals surface area (Å²) >= 11 is 0. The molecule has 3 heterocycles. The van der Waals surface area contributed by atoms with Gasteiger partial charge in [0.1, 0.15) is 0 Å². The number of nitrogens with one attached hydrogen (secondary N) is 1. The summed E-state index contributed by atoms with van der Waals surface area (Å²) in [5, 5.41) is 3.12. The lowest BCUT2D eigenvalue weighted by molar-refractivity contribution is -0.130. The fourth-order valence-corrected chi connectivity index (χ4v) is 3.94. The predicted molar refractivity (Wildman–Crippen MR) is 94.3 cm³/mol. The van der Waals surface area contributed by atoms with Gasteiger partial charge in [-0.25, -0.2) is 0 Å². The molecule has 0 spiro atoms. The topological polar surface area (TPSA) is 92.0 Å². The Hall–Kier alpha value is -1.83. The first-order chi connectivity index (χ1) is 12.6. The van der Waals surface area contributed by atoms with Crippen molar-refractivity contribution in [3.63, 3.8) is 0 Å². The number of hydrogen-bond donors (Lipinski definition) is 2. The molecule has 7 heteroatoms. The van der Waals surface area contributed by atoms with Crippen molar-refractivity contribution in [2.75, 3.05) is 39.8 Å². The second kappa shape index (κ2) is 7.06. The molecule has 3 aliphatic heterocycles. The van der Waals surface area contributed by atoms with Crippen LogP contribution in [-0.2, 0) is 19.7 Å². The molecule has 0 radical (unpaired) electrons. The summed E-state index contributed by atoms with van der Waals surface area (Å²) in [6.45, 7) is 3.20. The molecular formula is C19H26N2O5. The fraction of sp³-hybridized carbons (Fsp3) is 0.632. The highest BCUT2D eigenvalue weighted by Gasteiger charge is 2.40. The third-order valence-electron chi connectivity index (χ3n) is 5.86. The molecular weight excluding hydrogens is 336 g/mol. The summed E-state index contributed by atoms with van der Waals surface area (Å²) in [5.74, 6) is 1.44. The Kier molecular flexibility index (Phi) is 4.77. The zero-order valence-electron chi connectivity index (χ0n) is 14.9. The molecule has 3 aliphatic rings. The van der Waals surface area contributed by atoms with Gasteiger partial charge in [0.15, 0.2) is 11.5 Å². The molecule has 0 saturated carbocycles. The van der Waals surface area contributed by atoms with Crippen molar-refractivity contribution in [2.24, 2.45) is 5.73 Å². The highest BCUT2D eigenvalue weighted by Crippen LogP contribution is 2.40. The number of nitrogens with two attached hydrogens (primary N) is 1. The van der Waals surface area contributed by atoms with E-state index in [1.165, 1.54) is 0 Å². The SMILES string of the molecule is NC1(C(=O)NCC2(c3ccc4c(c3)OCO4)CCOCC2)CCOCC1. The van der Waals surface area contributed by atoms with E-state index in [0.717, 1.165) is 29.9 Å². The molecule has 1 amide bonds. The van der Waals surface area contributed by atoms with Crippen LogP contribution in [-0.4, -0.2) is 51.2 Å². The lowest BCUT2D eigenvalue weighted by Crippen LogP contribution is -2.59. The summed E-state index contributed by atoms with van der Waals surface area (Å²) in [4.78, 5) is 12.8. The van der Waals surface area contributed by atoms with Crippen LogP contribution in [0.25, 0.3) is 0 Å². The van der Waals surface area contributed by atoms with Crippen molar-refractivity contribution < 1.29 is 23.7 Å². The van der Waals surface area contributed by atoms with Gasteiger partial charge in [-0.1, -0.05) is 6.07 Å². The number of amides is 1. The highest BCUT2D eigenvalue weighted by molar-refractivity contribution is 5.86. The van der Waals surface area contributed by atoms with Crippen LogP contribution < -0.4 is 20.5 Å². The van der Waals surface area contributed by atoms with E-state index in [2.05, 4.69) is 11.4 Å². The van der Waals surface area contributed by atoms with Gasteiger partial charge in [-0.15, -0.1) is 0 Å². The van der Waals surface area contributed by atoms with E-state index < -0.39 is 5.54 Å². The summed E-state index contributed by atoms with van der Waals surface area (Å²) in [6, 6.07) is 6.05. The number of benzene rings is 1. The maximum atomic E-state index is 12.8. The van der Waals surface area contributed by atoms with Crippen LogP contribution >= 0.6 is 0 Å². The summed E-state index contributed by atoms with van der Waals surface area (Å²) in [5.41, 5.74) is 6.44. The molecule has 26 heavy (non-hydrogen) atoms. The first-order valence-electron chi connectivity index (χ1n) is 9.24. The molecule has 0 unspecified atom stereocenters. The Morgan fingerprint density at radius 3 is 2.38 bits per heavy atom. The molecule has 0 aromatic heterocycles. The number of ether oxygens (including phenoxy) is 4. The minimum Gasteiger partial charge on any atom is -0.454 e. The summed E-state index contributed by atoms with van der Waals surface area (Å²) in [6.07, 6.45) is 2.79. The highest BCUT2D eigenvalue weighted by atomic mass is 16.7. The Balaban J connectivity index is 1.52. The minimum absolute atomic E-state index is 0.0904. The van der Waals surface area contributed by atoms with Gasteiger partial charge in [0.2, 0.25) is 12.7 Å². The van der Waals surface area contributed by atoms with Gasteiger partial charge in [0.05, 0.1) is 5.54 Å². The van der Waals surface area contributed by atoms with Crippen LogP contribution in [0.3, 0.4) is 0 Å². The molecule has 3 N–H and O–H groups in total. The van der Waals surface area contributed by atoms with Crippen molar-refractivity contribution >= 4 is 5.91 Å². The molecule has 2 saturated heterocycles. The fourth-order valence-electron chi connectivity index (χ4n) is 3.94. The van der Waals surface area contributed by atoms with Crippen LogP contribution in [0.15, 0.2) is 18.2 Å². The molecule has 2 fully saturated rings. The maximum absolute atomic E-state index is 12.8. The first-order valence-corrected chi connectivity index (χ1v) is 9.24. The summed E-state index contributed by atoms with van der Waals surface area (Å²) < 4.78 is 21.9. The standard InChI is InChI=1S/C19H26N2O5/c20-19(5-9-24-10-6-19)17(22)21-12-18(3-7-23-8-4-18)14-1-2-15-16(11-14)26-13-25-15/h1-2,11H,3-10,12-13,20H2,(H,21,22). The smallest absolute Gasteiger partial charge is 0.240 e. The first kappa shape index (κ1) is 17.6. The Bertz CT molecular complexity index is 666. The predicted octanol–water partition coefficient (Wildman–Crippen LogP) is 1.09. The van der Waals surface area contributed by atoms with Gasteiger partial charge in [-0.05, 0) is 43.4 Å². The zero-order chi connectivity index (χ0) is 18.0. The van der Waals surface area contributed by atoms with Gasteiger partial charge in [0.25, 0.3) is 0 Å². The molecule has 4 rings (SSSR count). The van der Waals surface area contributed by atoms with Crippen molar-refractivity contribution in [3.05, 3.63) is 23.8 Å². The van der Waals surface area contributed by atoms with Gasteiger partial charge < -0.3 is 30.0 Å². The van der Waals surface area contributed by atoms with Gasteiger partial charge in [-0.2, -0.15) is 0 Å². The van der Waals surface area contributed by atoms with Gasteiger partial charge in [-0.3, -0.25) is 4.79 Å². The van der Waals surface area contributed by atoms with E-state index in [4.69, 9.17) is 24.7 Å². The maximum Gasteiger partial charge on any atom is 0.240 e. The number of carbonyl (C=O) groups excluding carboxylic acids is 1. The molecule has 1 aromatic carbocycles. The molecule has 0 atom stereocenters. The van der Waals surface area contributed by atoms with E-state index in [1.54, 1.807) is 0 Å². The number of fused-ring (bicyclic) bond motifs is 1. The molecule has 1 aromatic rings. The average Bonchev–Trinajstić information content (AvgIpc) is 3.15. The van der Waals surface area contributed by atoms with Crippen molar-refractivity contribution in [1.29, 1.82) is 0 Å². The lowest BCUT2D eigenvalue weighted by atomic mass is 9.73. The number of carbonyl (C=O) groups is 1. The second-order valence-corrected chi connectivity index (χ2v) is 7.41. The van der Waals surface area contributed by atoms with E-state index in [-0.39, 0.29) is 18.1 Å². The summed E-state index contributed by atoms with van der Waals surface area (Å²) in [7, 11) is 0. The van der Waals surface area contributed by atoms with E-state index in [0.29, 0.717) is 45.8 Å². The van der Waals surface area contributed by atoms with Crippen LogP contribution in [0.4, 0.5) is 0 Å². The van der Waals surface area contributed by atoms with Crippen molar-refractivity contribution in [2.45, 2.75) is 36.6 Å². The zero-order valence-corrected chi connectivity index (χ0v) is 14.9. The Morgan fingerprint density at radius 1 is 1.00 bits per heavy atom. The third kappa shape index (κ3) is 3.26. The van der Waals surface area contributed by atoms with Crippen LogP contribution in [0, 0.1) is 0 Å².